The van der Waals surface area contributed by atoms with Crippen LogP contribution in [0, 0.1) is 6.92 Å². The third kappa shape index (κ3) is 3.13. The van der Waals surface area contributed by atoms with E-state index in [0.29, 0.717) is 10.2 Å². The summed E-state index contributed by atoms with van der Waals surface area (Å²) in [5.41, 5.74) is 3.78. The van der Waals surface area contributed by atoms with Gasteiger partial charge in [-0.2, -0.15) is 4.68 Å². The van der Waals surface area contributed by atoms with E-state index >= 15 is 0 Å². The van der Waals surface area contributed by atoms with Crippen molar-refractivity contribution in [3.8, 4) is 0 Å². The van der Waals surface area contributed by atoms with Crippen LogP contribution in [0.25, 0.3) is 10.2 Å². The predicted octanol–water partition coefficient (Wildman–Crippen LogP) is 3.80. The quantitative estimate of drug-likeness (QED) is 0.728. The number of fused-ring (bicyclic) bond motifs is 3. The Morgan fingerprint density at radius 2 is 2.11 bits per heavy atom. The molecule has 1 amide bonds. The minimum atomic E-state index is -0.743. The van der Waals surface area contributed by atoms with Gasteiger partial charge in [0.05, 0.1) is 5.39 Å². The molecule has 0 saturated heterocycles. The third-order valence-corrected chi connectivity index (χ3v) is 6.72. The van der Waals surface area contributed by atoms with Crippen LogP contribution in [-0.2, 0) is 24.1 Å². The number of thiophene rings is 1. The summed E-state index contributed by atoms with van der Waals surface area (Å²) in [6.07, 6.45) is 4.96. The average molecular weight is 397 g/mol. The first-order valence-corrected chi connectivity index (χ1v) is 10.6. The summed E-state index contributed by atoms with van der Waals surface area (Å²) in [6.45, 7) is 5.71. The summed E-state index contributed by atoms with van der Waals surface area (Å²) in [6, 6.07) is 5.21. The molecule has 146 valence electrons. The number of amides is 1. The van der Waals surface area contributed by atoms with E-state index in [0.717, 1.165) is 54.5 Å². The second-order valence-corrected chi connectivity index (χ2v) is 8.44. The first kappa shape index (κ1) is 18.8. The molecular weight excluding hydrogens is 372 g/mol. The lowest BCUT2D eigenvalue weighted by atomic mass is 9.97. The zero-order valence-corrected chi connectivity index (χ0v) is 17.2. The van der Waals surface area contributed by atoms with Crippen LogP contribution < -0.4 is 10.9 Å². The number of rotatable bonds is 4. The van der Waals surface area contributed by atoms with Crippen molar-refractivity contribution in [2.75, 3.05) is 5.32 Å². The smallest absolute Gasteiger partial charge is 0.279 e. The molecule has 1 aliphatic rings. The number of hydrogen-bond acceptors (Lipinski definition) is 5. The SMILES string of the molecule is CCc1cccc(C)c1NC(=O)[C@H](C)n1nnc2sc3c(c2c1=O)CCCC3. The van der Waals surface area contributed by atoms with Gasteiger partial charge in [-0.25, -0.2) is 0 Å². The van der Waals surface area contributed by atoms with E-state index in [2.05, 4.69) is 22.6 Å². The lowest BCUT2D eigenvalue weighted by Crippen LogP contribution is -2.34. The number of hydrogen-bond donors (Lipinski definition) is 1. The number of benzene rings is 1. The van der Waals surface area contributed by atoms with E-state index < -0.39 is 6.04 Å². The summed E-state index contributed by atoms with van der Waals surface area (Å²) in [7, 11) is 0. The van der Waals surface area contributed by atoms with Crippen LogP contribution in [0.3, 0.4) is 0 Å². The molecule has 28 heavy (non-hydrogen) atoms. The fourth-order valence-electron chi connectivity index (χ4n) is 3.88. The molecule has 0 aliphatic heterocycles. The van der Waals surface area contributed by atoms with Gasteiger partial charge in [-0.15, -0.1) is 16.4 Å². The maximum absolute atomic E-state index is 13.1. The molecule has 0 radical (unpaired) electrons. The van der Waals surface area contributed by atoms with E-state index in [-0.39, 0.29) is 11.5 Å². The van der Waals surface area contributed by atoms with Crippen molar-refractivity contribution in [1.82, 2.24) is 15.0 Å². The molecular formula is C21H24N4O2S. The van der Waals surface area contributed by atoms with Gasteiger partial charge in [0.25, 0.3) is 5.56 Å². The van der Waals surface area contributed by atoms with Gasteiger partial charge in [-0.3, -0.25) is 9.59 Å². The first-order valence-electron chi connectivity index (χ1n) is 9.80. The van der Waals surface area contributed by atoms with Crippen LogP contribution in [0.15, 0.2) is 23.0 Å². The highest BCUT2D eigenvalue weighted by Gasteiger charge is 2.25. The van der Waals surface area contributed by atoms with Crippen molar-refractivity contribution < 1.29 is 4.79 Å². The Morgan fingerprint density at radius 3 is 2.89 bits per heavy atom. The molecule has 1 aromatic carbocycles. The largest absolute Gasteiger partial charge is 0.324 e. The number of carbonyl (C=O) groups excluding carboxylic acids is 1. The highest BCUT2D eigenvalue weighted by Crippen LogP contribution is 2.33. The summed E-state index contributed by atoms with van der Waals surface area (Å²) in [5.74, 6) is -0.260. The highest BCUT2D eigenvalue weighted by molar-refractivity contribution is 7.18. The third-order valence-electron chi connectivity index (χ3n) is 5.54. The second-order valence-electron chi connectivity index (χ2n) is 7.36. The molecule has 1 aliphatic carbocycles. The van der Waals surface area contributed by atoms with Crippen molar-refractivity contribution in [3.63, 3.8) is 0 Å². The number of aryl methyl sites for hydroxylation is 4. The molecule has 0 fully saturated rings. The highest BCUT2D eigenvalue weighted by atomic mass is 32.1. The lowest BCUT2D eigenvalue weighted by molar-refractivity contribution is -0.119. The van der Waals surface area contributed by atoms with Gasteiger partial charge in [0.1, 0.15) is 6.04 Å². The minimum Gasteiger partial charge on any atom is -0.324 e. The summed E-state index contributed by atoms with van der Waals surface area (Å²) in [4.78, 5) is 28.0. The first-order chi connectivity index (χ1) is 13.5. The molecule has 1 atom stereocenters. The summed E-state index contributed by atoms with van der Waals surface area (Å²) >= 11 is 1.56. The number of para-hydroxylation sites is 1. The Labute approximate surface area is 167 Å². The maximum atomic E-state index is 13.1. The van der Waals surface area contributed by atoms with Gasteiger partial charge < -0.3 is 5.32 Å². The van der Waals surface area contributed by atoms with Crippen LogP contribution in [0.2, 0.25) is 0 Å². The molecule has 3 aromatic rings. The maximum Gasteiger partial charge on any atom is 0.279 e. The summed E-state index contributed by atoms with van der Waals surface area (Å²) < 4.78 is 1.23. The molecule has 7 heteroatoms. The van der Waals surface area contributed by atoms with Crippen molar-refractivity contribution in [1.29, 1.82) is 0 Å². The van der Waals surface area contributed by atoms with Gasteiger partial charge in [-0.1, -0.05) is 30.3 Å². The Hall–Kier alpha value is -2.54. The van der Waals surface area contributed by atoms with Gasteiger partial charge in [0, 0.05) is 10.6 Å². The van der Waals surface area contributed by atoms with Crippen molar-refractivity contribution >= 4 is 33.1 Å². The van der Waals surface area contributed by atoms with E-state index in [9.17, 15) is 9.59 Å². The van der Waals surface area contributed by atoms with Gasteiger partial charge in [-0.05, 0) is 62.6 Å². The average Bonchev–Trinajstić information content (AvgIpc) is 3.08. The molecule has 0 unspecified atom stereocenters. The van der Waals surface area contributed by atoms with Crippen molar-refractivity contribution in [3.05, 3.63) is 50.1 Å². The van der Waals surface area contributed by atoms with Crippen molar-refractivity contribution in [2.45, 2.75) is 58.9 Å². The van der Waals surface area contributed by atoms with Crippen LogP contribution in [-0.4, -0.2) is 20.9 Å². The molecule has 2 heterocycles. The number of aromatic nitrogens is 3. The van der Waals surface area contributed by atoms with E-state index in [1.807, 2.05) is 25.1 Å². The van der Waals surface area contributed by atoms with Crippen LogP contribution in [0.5, 0.6) is 0 Å². The predicted molar refractivity (Wildman–Crippen MR) is 112 cm³/mol. The van der Waals surface area contributed by atoms with Crippen molar-refractivity contribution in [2.24, 2.45) is 0 Å². The lowest BCUT2D eigenvalue weighted by Gasteiger charge is -2.17. The fraction of sp³-hybridized carbons (Fsp3) is 0.429. The standard InChI is InChI=1S/C21H24N4O2S/c1-4-14-9-7-8-12(2)18(14)22-19(26)13(3)25-21(27)17-15-10-5-6-11-16(15)28-20(17)23-24-25/h7-9,13H,4-6,10-11H2,1-3H3,(H,22,26)/t13-/m0/s1. The molecule has 4 rings (SSSR count). The molecule has 0 bridgehead atoms. The molecule has 0 saturated carbocycles. The van der Waals surface area contributed by atoms with E-state index in [1.54, 1.807) is 18.3 Å². The second kappa shape index (κ2) is 7.47. The topological polar surface area (TPSA) is 76.9 Å². The van der Waals surface area contributed by atoms with Gasteiger partial charge in [0.15, 0.2) is 4.83 Å². The molecule has 6 nitrogen and oxygen atoms in total. The summed E-state index contributed by atoms with van der Waals surface area (Å²) in [5, 5.41) is 12.0. The number of nitrogens with one attached hydrogen (secondary N) is 1. The Morgan fingerprint density at radius 1 is 1.32 bits per heavy atom. The van der Waals surface area contributed by atoms with E-state index in [1.165, 1.54) is 9.56 Å². The Kier molecular flexibility index (Phi) is 5.02. The number of nitrogens with zero attached hydrogens (tertiary/aromatic N) is 3. The Bertz CT molecular complexity index is 1120. The van der Waals surface area contributed by atoms with E-state index in [4.69, 9.17) is 0 Å². The normalized spacial score (nSPS) is 14.7. The molecule has 0 spiro atoms. The zero-order valence-electron chi connectivity index (χ0n) is 16.4. The van der Waals surface area contributed by atoms with Crippen LogP contribution in [0.1, 0.15) is 54.3 Å². The van der Waals surface area contributed by atoms with Gasteiger partial charge in [0.2, 0.25) is 5.91 Å². The monoisotopic (exact) mass is 396 g/mol. The van der Waals surface area contributed by atoms with Crippen LogP contribution >= 0.6 is 11.3 Å². The van der Waals surface area contributed by atoms with Gasteiger partial charge >= 0.3 is 0 Å². The minimum absolute atomic E-state index is 0.215. The zero-order chi connectivity index (χ0) is 19.8. The molecule has 1 N–H and O–H groups in total. The fourth-order valence-corrected chi connectivity index (χ4v) is 5.08. The number of carbonyl (C=O) groups is 1. The van der Waals surface area contributed by atoms with Crippen LogP contribution in [0.4, 0.5) is 5.69 Å². The number of anilines is 1. The Balaban J connectivity index is 1.69. The molecule has 2 aromatic heterocycles.